The molecule has 0 spiro atoms. The molecule has 2 aliphatic heterocycles. The topological polar surface area (TPSA) is 52.0 Å². The fourth-order valence-electron chi connectivity index (χ4n) is 4.42. The number of anilines is 1. The van der Waals surface area contributed by atoms with Gasteiger partial charge in [-0.3, -0.25) is 0 Å². The van der Waals surface area contributed by atoms with Gasteiger partial charge < -0.3 is 10.1 Å². The lowest BCUT2D eigenvalue weighted by Crippen LogP contribution is -2.32. The molecule has 0 radical (unpaired) electrons. The summed E-state index contributed by atoms with van der Waals surface area (Å²) in [6, 6.07) is 21.7. The largest absolute Gasteiger partial charge is 0.480 e. The summed E-state index contributed by atoms with van der Waals surface area (Å²) in [5.74, 6) is 1.44. The van der Waals surface area contributed by atoms with Gasteiger partial charge in [0.15, 0.2) is 0 Å². The fraction of sp³-hybridized carbons (Fsp3) is 0.120. The predicted molar refractivity (Wildman–Crippen MR) is 126 cm³/mol. The van der Waals surface area contributed by atoms with E-state index in [0.29, 0.717) is 16.0 Å². The Morgan fingerprint density at radius 3 is 2.41 bits per heavy atom. The van der Waals surface area contributed by atoms with E-state index in [4.69, 9.17) is 27.9 Å². The van der Waals surface area contributed by atoms with Gasteiger partial charge in [0.2, 0.25) is 5.95 Å². The van der Waals surface area contributed by atoms with Gasteiger partial charge in [-0.15, -0.1) is 0 Å². The number of fused-ring (bicyclic) bond motifs is 3. The number of rotatable bonds is 2. The van der Waals surface area contributed by atoms with Crippen LogP contribution in [0.25, 0.3) is 5.70 Å². The quantitative estimate of drug-likeness (QED) is 0.373. The van der Waals surface area contributed by atoms with Crippen LogP contribution in [0.3, 0.4) is 0 Å². The van der Waals surface area contributed by atoms with Crippen molar-refractivity contribution in [1.82, 2.24) is 14.8 Å². The molecule has 1 N–H and O–H groups in total. The lowest BCUT2D eigenvalue weighted by Gasteiger charge is -2.39. The third-order valence-corrected chi connectivity index (χ3v) is 6.43. The molecule has 3 aromatic carbocycles. The lowest BCUT2D eigenvalue weighted by molar-refractivity contribution is 0.223. The van der Waals surface area contributed by atoms with Crippen molar-refractivity contribution in [2.75, 3.05) is 5.32 Å². The second-order valence-corrected chi connectivity index (χ2v) is 8.86. The Morgan fingerprint density at radius 1 is 0.906 bits per heavy atom. The zero-order chi connectivity index (χ0) is 21.8. The third-order valence-electron chi connectivity index (χ3n) is 5.94. The summed E-state index contributed by atoms with van der Waals surface area (Å²) < 4.78 is 8.50. The first kappa shape index (κ1) is 19.4. The number of ether oxygens (including phenoxy) is 1. The Morgan fingerprint density at radius 2 is 1.62 bits per heavy atom. The van der Waals surface area contributed by atoms with E-state index in [9.17, 15) is 0 Å². The van der Waals surface area contributed by atoms with Crippen LogP contribution in [0.5, 0.6) is 5.75 Å². The standard InChI is InChI=1S/C25H18Cl2N4O/c1-14-2-4-15(5-3-14)23-21-22(30-25-28-13-29-31(23)25)19-12-18(27)10-11-20(19)32-24(21)16-6-8-17(26)9-7-16/h2-13,23-24H,1H3,(H,28,29,30)/t23-,24-/m0/s1. The van der Waals surface area contributed by atoms with Crippen molar-refractivity contribution in [1.29, 1.82) is 0 Å². The van der Waals surface area contributed by atoms with Crippen LogP contribution in [0, 0.1) is 6.92 Å². The van der Waals surface area contributed by atoms with Crippen LogP contribution in [0.1, 0.15) is 34.4 Å². The number of benzene rings is 3. The van der Waals surface area contributed by atoms with Crippen molar-refractivity contribution in [2.24, 2.45) is 0 Å². The highest BCUT2D eigenvalue weighted by molar-refractivity contribution is 6.31. The molecule has 0 aliphatic carbocycles. The van der Waals surface area contributed by atoms with Crippen LogP contribution in [0.4, 0.5) is 5.95 Å². The van der Waals surface area contributed by atoms with E-state index in [0.717, 1.165) is 33.7 Å². The molecule has 0 fully saturated rings. The Hall–Kier alpha value is -3.28. The second kappa shape index (κ2) is 7.40. The molecule has 4 aromatic rings. The number of hydrogen-bond donors (Lipinski definition) is 1. The van der Waals surface area contributed by atoms with Crippen molar-refractivity contribution in [3.63, 3.8) is 0 Å². The maximum Gasteiger partial charge on any atom is 0.226 e. The van der Waals surface area contributed by atoms with Crippen LogP contribution in [0.2, 0.25) is 10.0 Å². The van der Waals surface area contributed by atoms with Crippen LogP contribution in [-0.4, -0.2) is 14.8 Å². The summed E-state index contributed by atoms with van der Waals surface area (Å²) in [7, 11) is 0. The van der Waals surface area contributed by atoms with E-state index >= 15 is 0 Å². The van der Waals surface area contributed by atoms with E-state index in [-0.39, 0.29) is 12.1 Å². The first-order chi connectivity index (χ1) is 15.6. The first-order valence-electron chi connectivity index (χ1n) is 10.3. The summed E-state index contributed by atoms with van der Waals surface area (Å²) in [6.07, 6.45) is 1.23. The maximum atomic E-state index is 6.59. The normalized spacial score (nSPS) is 18.8. The molecule has 6 rings (SSSR count). The van der Waals surface area contributed by atoms with Crippen molar-refractivity contribution in [2.45, 2.75) is 19.1 Å². The van der Waals surface area contributed by atoms with Gasteiger partial charge in [0, 0.05) is 21.2 Å². The van der Waals surface area contributed by atoms with Crippen molar-refractivity contribution >= 4 is 34.8 Å². The molecular weight excluding hydrogens is 443 g/mol. The molecule has 2 atom stereocenters. The van der Waals surface area contributed by atoms with Gasteiger partial charge in [-0.1, -0.05) is 65.2 Å². The number of aryl methyl sites for hydroxylation is 1. The van der Waals surface area contributed by atoms with E-state index in [1.54, 1.807) is 6.33 Å². The number of nitrogens with one attached hydrogen (secondary N) is 1. The van der Waals surface area contributed by atoms with Gasteiger partial charge in [-0.2, -0.15) is 10.1 Å². The maximum absolute atomic E-state index is 6.59. The van der Waals surface area contributed by atoms with Crippen LogP contribution >= 0.6 is 23.2 Å². The minimum atomic E-state index is -0.341. The SMILES string of the molecule is Cc1ccc([C@H]2C3=C(Nc4ncnn42)c2cc(Cl)ccc2O[C@H]3c2ccc(Cl)cc2)cc1. The summed E-state index contributed by atoms with van der Waals surface area (Å²) in [6.45, 7) is 2.08. The van der Waals surface area contributed by atoms with Gasteiger partial charge in [0.1, 0.15) is 24.2 Å². The molecule has 3 heterocycles. The van der Waals surface area contributed by atoms with Crippen molar-refractivity contribution < 1.29 is 4.74 Å². The van der Waals surface area contributed by atoms with Crippen LogP contribution in [0.15, 0.2) is 78.6 Å². The average molecular weight is 461 g/mol. The van der Waals surface area contributed by atoms with Crippen LogP contribution in [-0.2, 0) is 0 Å². The summed E-state index contributed by atoms with van der Waals surface area (Å²) in [5, 5.41) is 9.36. The van der Waals surface area contributed by atoms with E-state index < -0.39 is 0 Å². The zero-order valence-corrected chi connectivity index (χ0v) is 18.6. The highest BCUT2D eigenvalue weighted by Gasteiger charge is 2.40. The summed E-state index contributed by atoms with van der Waals surface area (Å²) in [4.78, 5) is 4.46. The molecule has 0 saturated carbocycles. The second-order valence-electron chi connectivity index (χ2n) is 7.99. The fourth-order valence-corrected chi connectivity index (χ4v) is 4.72. The monoisotopic (exact) mass is 460 g/mol. The molecule has 0 amide bonds. The average Bonchev–Trinajstić information content (AvgIpc) is 3.27. The molecule has 0 unspecified atom stereocenters. The Labute approximate surface area is 195 Å². The van der Waals surface area contributed by atoms with E-state index in [1.165, 1.54) is 5.56 Å². The molecular formula is C25H18Cl2N4O. The molecule has 1 aromatic heterocycles. The van der Waals surface area contributed by atoms with Gasteiger partial charge in [0.25, 0.3) is 0 Å². The molecule has 0 saturated heterocycles. The molecule has 2 aliphatic rings. The molecule has 32 heavy (non-hydrogen) atoms. The minimum absolute atomic E-state index is 0.197. The van der Waals surface area contributed by atoms with Gasteiger partial charge in [-0.05, 0) is 48.4 Å². The number of aromatic nitrogens is 3. The summed E-state index contributed by atoms with van der Waals surface area (Å²) in [5.41, 5.74) is 6.20. The minimum Gasteiger partial charge on any atom is -0.480 e. The number of halogens is 2. The third kappa shape index (κ3) is 3.08. The predicted octanol–water partition coefficient (Wildman–Crippen LogP) is 6.45. The smallest absolute Gasteiger partial charge is 0.226 e. The first-order valence-corrected chi connectivity index (χ1v) is 11.0. The number of nitrogens with zero attached hydrogens (tertiary/aromatic N) is 3. The zero-order valence-electron chi connectivity index (χ0n) is 17.1. The Kier molecular flexibility index (Phi) is 4.49. The molecule has 0 bridgehead atoms. The summed E-state index contributed by atoms with van der Waals surface area (Å²) >= 11 is 12.6. The molecule has 5 nitrogen and oxygen atoms in total. The van der Waals surface area contributed by atoms with Crippen molar-refractivity contribution in [3.8, 4) is 5.75 Å². The highest BCUT2D eigenvalue weighted by atomic mass is 35.5. The highest BCUT2D eigenvalue weighted by Crippen LogP contribution is 2.51. The van der Waals surface area contributed by atoms with Gasteiger partial charge >= 0.3 is 0 Å². The van der Waals surface area contributed by atoms with Gasteiger partial charge in [-0.25, -0.2) is 4.68 Å². The van der Waals surface area contributed by atoms with Crippen LogP contribution < -0.4 is 10.1 Å². The van der Waals surface area contributed by atoms with Gasteiger partial charge in [0.05, 0.1) is 5.70 Å². The van der Waals surface area contributed by atoms with E-state index in [1.807, 2.05) is 47.1 Å². The molecule has 7 heteroatoms. The van der Waals surface area contributed by atoms with E-state index in [2.05, 4.69) is 46.6 Å². The number of hydrogen-bond acceptors (Lipinski definition) is 4. The lowest BCUT2D eigenvalue weighted by atomic mass is 9.84. The van der Waals surface area contributed by atoms with Crippen molar-refractivity contribution in [3.05, 3.63) is 111 Å². The Balaban J connectivity index is 1.63. The molecule has 158 valence electrons. The Bertz CT molecular complexity index is 1360.